The fourth-order valence-corrected chi connectivity index (χ4v) is 3.28. The smallest absolute Gasteiger partial charge is 0.269 e. The fourth-order valence-electron chi connectivity index (χ4n) is 2.18. The molecule has 1 amide bonds. The van der Waals surface area contributed by atoms with Crippen molar-refractivity contribution in [1.29, 1.82) is 0 Å². The number of carbonyl (C=O) groups excluding carboxylic acids is 1. The lowest BCUT2D eigenvalue weighted by atomic mass is 10.2. The number of hydrogen-bond acceptors (Lipinski definition) is 5. The number of amidine groups is 1. The number of aryl methyl sites for hydroxylation is 1. The molecule has 8 heteroatoms. The standard InChI is InChI=1S/C17H12BrN3O3S/c1-10-8-13(21(23)24)6-7-14(10)19-17-20-16(22)15(25-17)9-11-2-4-12(18)5-3-11/h2-9H,1H3,(H,19,20,22)/b15-9+. The van der Waals surface area contributed by atoms with Crippen LogP contribution in [0.25, 0.3) is 6.08 Å². The van der Waals surface area contributed by atoms with E-state index in [1.54, 1.807) is 19.1 Å². The first kappa shape index (κ1) is 17.4. The average Bonchev–Trinajstić information content (AvgIpc) is 2.91. The van der Waals surface area contributed by atoms with Gasteiger partial charge >= 0.3 is 0 Å². The molecule has 0 saturated carbocycles. The van der Waals surface area contributed by atoms with Crippen molar-refractivity contribution in [1.82, 2.24) is 5.32 Å². The summed E-state index contributed by atoms with van der Waals surface area (Å²) in [5.74, 6) is -0.216. The predicted octanol–water partition coefficient (Wildman–Crippen LogP) is 4.56. The van der Waals surface area contributed by atoms with Gasteiger partial charge in [-0.25, -0.2) is 4.99 Å². The Bertz CT molecular complexity index is 923. The van der Waals surface area contributed by atoms with Crippen LogP contribution in [-0.2, 0) is 4.79 Å². The molecule has 1 aliphatic rings. The van der Waals surface area contributed by atoms with Gasteiger partial charge in [0.05, 0.1) is 15.5 Å². The van der Waals surface area contributed by atoms with Crippen LogP contribution in [0, 0.1) is 17.0 Å². The van der Waals surface area contributed by atoms with Gasteiger partial charge in [0.25, 0.3) is 11.6 Å². The van der Waals surface area contributed by atoms with Crippen molar-refractivity contribution >= 4 is 56.2 Å². The second kappa shape index (κ2) is 7.20. The summed E-state index contributed by atoms with van der Waals surface area (Å²) in [6.07, 6.45) is 1.79. The van der Waals surface area contributed by atoms with E-state index in [1.807, 2.05) is 24.3 Å². The SMILES string of the molecule is Cc1cc([N+](=O)[O-])ccc1N=C1NC(=O)/C(=C\c2ccc(Br)cc2)S1. The molecule has 0 radical (unpaired) electrons. The Labute approximate surface area is 156 Å². The van der Waals surface area contributed by atoms with Crippen molar-refractivity contribution in [3.05, 3.63) is 73.1 Å². The first-order valence-electron chi connectivity index (χ1n) is 7.22. The summed E-state index contributed by atoms with van der Waals surface area (Å²) >= 11 is 4.61. The highest BCUT2D eigenvalue weighted by atomic mass is 79.9. The summed E-state index contributed by atoms with van der Waals surface area (Å²) in [6, 6.07) is 12.0. The Morgan fingerprint density at radius 2 is 1.96 bits per heavy atom. The second-order valence-corrected chi connectivity index (χ2v) is 7.21. The molecule has 0 spiro atoms. The normalized spacial score (nSPS) is 17.1. The number of non-ortho nitro benzene ring substituents is 1. The number of benzene rings is 2. The number of nitro benzene ring substituents is 1. The molecule has 2 aromatic rings. The van der Waals surface area contributed by atoms with E-state index in [2.05, 4.69) is 26.2 Å². The van der Waals surface area contributed by atoms with Crippen LogP contribution in [0.15, 0.2) is 56.8 Å². The maximum Gasteiger partial charge on any atom is 0.269 e. The van der Waals surface area contributed by atoms with Crippen molar-refractivity contribution in [2.75, 3.05) is 0 Å². The van der Waals surface area contributed by atoms with E-state index in [-0.39, 0.29) is 11.6 Å². The van der Waals surface area contributed by atoms with Gasteiger partial charge in [0.15, 0.2) is 5.17 Å². The van der Waals surface area contributed by atoms with Gasteiger partial charge in [0.1, 0.15) is 0 Å². The molecular weight excluding hydrogens is 406 g/mol. The van der Waals surface area contributed by atoms with Crippen LogP contribution in [0.1, 0.15) is 11.1 Å². The summed E-state index contributed by atoms with van der Waals surface area (Å²) in [4.78, 5) is 27.4. The monoisotopic (exact) mass is 417 g/mol. The van der Waals surface area contributed by atoms with Gasteiger partial charge in [-0.05, 0) is 54.1 Å². The quantitative estimate of drug-likeness (QED) is 0.450. The van der Waals surface area contributed by atoms with Gasteiger partial charge < -0.3 is 5.32 Å². The van der Waals surface area contributed by atoms with E-state index < -0.39 is 4.92 Å². The molecule has 0 unspecified atom stereocenters. The molecule has 1 fully saturated rings. The van der Waals surface area contributed by atoms with Crippen molar-refractivity contribution in [2.24, 2.45) is 4.99 Å². The zero-order valence-corrected chi connectivity index (χ0v) is 15.4. The van der Waals surface area contributed by atoms with Gasteiger partial charge in [-0.3, -0.25) is 14.9 Å². The minimum absolute atomic E-state index is 0.0142. The summed E-state index contributed by atoms with van der Waals surface area (Å²) in [6.45, 7) is 1.74. The van der Waals surface area contributed by atoms with E-state index in [1.165, 1.54) is 23.9 Å². The van der Waals surface area contributed by atoms with Crippen molar-refractivity contribution in [3.8, 4) is 0 Å². The average molecular weight is 418 g/mol. The molecule has 6 nitrogen and oxygen atoms in total. The van der Waals surface area contributed by atoms with E-state index in [0.717, 1.165) is 10.0 Å². The Kier molecular flexibility index (Phi) is 5.00. The highest BCUT2D eigenvalue weighted by Gasteiger charge is 2.24. The van der Waals surface area contributed by atoms with Crippen LogP contribution >= 0.6 is 27.7 Å². The van der Waals surface area contributed by atoms with Gasteiger partial charge in [-0.1, -0.05) is 28.1 Å². The van der Waals surface area contributed by atoms with Crippen LogP contribution in [0.5, 0.6) is 0 Å². The van der Waals surface area contributed by atoms with Crippen molar-refractivity contribution in [2.45, 2.75) is 6.92 Å². The maximum atomic E-state index is 12.1. The molecule has 25 heavy (non-hydrogen) atoms. The van der Waals surface area contributed by atoms with Crippen molar-refractivity contribution < 1.29 is 9.72 Å². The van der Waals surface area contributed by atoms with Gasteiger partial charge in [0.2, 0.25) is 0 Å². The Morgan fingerprint density at radius 3 is 2.60 bits per heavy atom. The molecule has 0 aromatic heterocycles. The molecule has 126 valence electrons. The van der Waals surface area contributed by atoms with Crippen LogP contribution in [0.3, 0.4) is 0 Å². The number of thioether (sulfide) groups is 1. The number of aliphatic imine (C=N–C) groups is 1. The van der Waals surface area contributed by atoms with E-state index in [0.29, 0.717) is 21.3 Å². The lowest BCUT2D eigenvalue weighted by Gasteiger charge is -2.01. The highest BCUT2D eigenvalue weighted by molar-refractivity contribution is 9.10. The summed E-state index contributed by atoms with van der Waals surface area (Å²) in [5, 5.41) is 13.9. The number of nitrogens with one attached hydrogen (secondary N) is 1. The number of amides is 1. The molecule has 1 saturated heterocycles. The lowest BCUT2D eigenvalue weighted by Crippen LogP contribution is -2.19. The molecule has 3 rings (SSSR count). The summed E-state index contributed by atoms with van der Waals surface area (Å²) in [5.41, 5.74) is 2.18. The third-order valence-corrected chi connectivity index (χ3v) is 4.87. The molecule has 2 aromatic carbocycles. The number of halogens is 1. The van der Waals surface area contributed by atoms with E-state index in [9.17, 15) is 14.9 Å². The molecule has 1 heterocycles. The molecular formula is C17H12BrN3O3S. The summed E-state index contributed by atoms with van der Waals surface area (Å²) in [7, 11) is 0. The van der Waals surface area contributed by atoms with E-state index >= 15 is 0 Å². The lowest BCUT2D eigenvalue weighted by molar-refractivity contribution is -0.384. The van der Waals surface area contributed by atoms with Gasteiger partial charge in [-0.15, -0.1) is 0 Å². The molecule has 1 aliphatic heterocycles. The molecule has 0 bridgehead atoms. The number of rotatable bonds is 3. The van der Waals surface area contributed by atoms with Crippen molar-refractivity contribution in [3.63, 3.8) is 0 Å². The van der Waals surface area contributed by atoms with Gasteiger partial charge in [-0.2, -0.15) is 0 Å². The van der Waals surface area contributed by atoms with Crippen LogP contribution in [-0.4, -0.2) is 16.0 Å². The zero-order valence-electron chi connectivity index (χ0n) is 13.0. The van der Waals surface area contributed by atoms with Gasteiger partial charge in [0, 0.05) is 16.6 Å². The van der Waals surface area contributed by atoms with E-state index in [4.69, 9.17) is 0 Å². The fraction of sp³-hybridized carbons (Fsp3) is 0.0588. The van der Waals surface area contributed by atoms with Crippen LogP contribution < -0.4 is 5.32 Å². The minimum atomic E-state index is -0.449. The Morgan fingerprint density at radius 1 is 1.24 bits per heavy atom. The third kappa shape index (κ3) is 4.15. The number of nitro groups is 1. The Hall–Kier alpha value is -2.45. The minimum Gasteiger partial charge on any atom is -0.300 e. The largest absolute Gasteiger partial charge is 0.300 e. The first-order valence-corrected chi connectivity index (χ1v) is 8.83. The van der Waals surface area contributed by atoms with Crippen LogP contribution in [0.2, 0.25) is 0 Å². The number of hydrogen-bond donors (Lipinski definition) is 1. The first-order chi connectivity index (χ1) is 11.9. The predicted molar refractivity (Wildman–Crippen MR) is 103 cm³/mol. The molecule has 0 aliphatic carbocycles. The third-order valence-electron chi connectivity index (χ3n) is 3.43. The molecule has 0 atom stereocenters. The maximum absolute atomic E-state index is 12.1. The highest BCUT2D eigenvalue weighted by Crippen LogP contribution is 2.30. The Balaban J connectivity index is 1.83. The topological polar surface area (TPSA) is 84.6 Å². The summed E-state index contributed by atoms with van der Waals surface area (Å²) < 4.78 is 0.967. The molecule has 1 N–H and O–H groups in total. The second-order valence-electron chi connectivity index (χ2n) is 5.26. The number of carbonyl (C=O) groups is 1. The van der Waals surface area contributed by atoms with Crippen LogP contribution in [0.4, 0.5) is 11.4 Å². The zero-order chi connectivity index (χ0) is 18.0. The number of nitrogens with zero attached hydrogens (tertiary/aromatic N) is 2.